The van der Waals surface area contributed by atoms with E-state index in [-0.39, 0.29) is 19.4 Å². The third-order valence-electron chi connectivity index (χ3n) is 3.15. The van der Waals surface area contributed by atoms with Crippen LogP contribution in [0.25, 0.3) is 0 Å². The van der Waals surface area contributed by atoms with E-state index in [0.717, 1.165) is 0 Å². The maximum atomic E-state index is 11.8. The number of carboxylic acid groups (broad SMARTS) is 1. The summed E-state index contributed by atoms with van der Waals surface area (Å²) in [6, 6.07) is -0.868. The third kappa shape index (κ3) is 4.25. The molecule has 0 aromatic heterocycles. The second-order valence-corrected chi connectivity index (χ2v) is 4.58. The van der Waals surface area contributed by atoms with Gasteiger partial charge in [-0.3, -0.25) is 9.59 Å². The minimum Gasteiger partial charge on any atom is -0.481 e. The van der Waals surface area contributed by atoms with Crippen LogP contribution in [0.2, 0.25) is 0 Å². The summed E-state index contributed by atoms with van der Waals surface area (Å²) >= 11 is 0. The van der Waals surface area contributed by atoms with Gasteiger partial charge in [0.05, 0.1) is 18.2 Å². The van der Waals surface area contributed by atoms with Crippen molar-refractivity contribution in [2.45, 2.75) is 37.3 Å². The summed E-state index contributed by atoms with van der Waals surface area (Å²) in [6.07, 6.45) is 0.991. The van der Waals surface area contributed by atoms with Gasteiger partial charge in [-0.15, -0.1) is 0 Å². The van der Waals surface area contributed by atoms with Crippen LogP contribution in [0.4, 0.5) is 0 Å². The summed E-state index contributed by atoms with van der Waals surface area (Å²) < 4.78 is 5.18. The van der Waals surface area contributed by atoms with Gasteiger partial charge in [-0.2, -0.15) is 0 Å². The Bertz CT molecular complexity index is 302. The molecule has 0 saturated carbocycles. The minimum atomic E-state index is -0.985. The predicted octanol–water partition coefficient (Wildman–Crippen LogP) is -1.16. The average Bonchev–Trinajstić information content (AvgIpc) is 2.36. The quantitative estimate of drug-likeness (QED) is 0.477. The lowest BCUT2D eigenvalue weighted by Gasteiger charge is -2.37. The number of carbonyl (C=O) groups excluding carboxylic acids is 1. The summed E-state index contributed by atoms with van der Waals surface area (Å²) in [6.45, 7) is 0.782. The summed E-state index contributed by atoms with van der Waals surface area (Å²) in [5, 5.41) is 20.6. The van der Waals surface area contributed by atoms with Crippen molar-refractivity contribution in [1.29, 1.82) is 0 Å². The van der Waals surface area contributed by atoms with Gasteiger partial charge in [-0.25, -0.2) is 0 Å². The van der Waals surface area contributed by atoms with Gasteiger partial charge in [0.1, 0.15) is 0 Å². The fraction of sp³-hybridized carbons (Fsp3) is 0.818. The molecule has 5 N–H and O–H groups in total. The third-order valence-corrected chi connectivity index (χ3v) is 3.15. The topological polar surface area (TPSA) is 122 Å². The van der Waals surface area contributed by atoms with Gasteiger partial charge in [0.15, 0.2) is 0 Å². The smallest absolute Gasteiger partial charge is 0.303 e. The SMILES string of the molecule is NC(CCC(=O)O)C(=O)NC1(CO)CCOCC1. The second-order valence-electron chi connectivity index (χ2n) is 4.58. The maximum absolute atomic E-state index is 11.8. The highest BCUT2D eigenvalue weighted by molar-refractivity contribution is 5.82. The first-order valence-corrected chi connectivity index (χ1v) is 5.97. The molecule has 1 aliphatic rings. The van der Waals surface area contributed by atoms with Gasteiger partial charge in [0.25, 0.3) is 0 Å². The zero-order valence-electron chi connectivity index (χ0n) is 10.2. The largest absolute Gasteiger partial charge is 0.481 e. The summed E-state index contributed by atoms with van der Waals surface area (Å²) in [5.74, 6) is -1.41. The molecule has 1 aliphatic heterocycles. The molecule has 1 atom stereocenters. The number of hydrogen-bond acceptors (Lipinski definition) is 5. The molecule has 0 aromatic rings. The van der Waals surface area contributed by atoms with Crippen molar-refractivity contribution < 1.29 is 24.5 Å². The number of aliphatic carboxylic acids is 1. The molecule has 1 amide bonds. The Morgan fingerprint density at radius 1 is 1.39 bits per heavy atom. The molecule has 0 aromatic carbocycles. The van der Waals surface area contributed by atoms with Gasteiger partial charge in [0.2, 0.25) is 5.91 Å². The van der Waals surface area contributed by atoms with Crippen LogP contribution in [0.5, 0.6) is 0 Å². The normalized spacial score (nSPS) is 20.1. The number of hydrogen-bond donors (Lipinski definition) is 4. The second kappa shape index (κ2) is 6.67. The Morgan fingerprint density at radius 3 is 2.50 bits per heavy atom. The number of aliphatic hydroxyl groups is 1. The van der Waals surface area contributed by atoms with Crippen LogP contribution < -0.4 is 11.1 Å². The molecule has 0 aliphatic carbocycles. The van der Waals surface area contributed by atoms with Crippen molar-refractivity contribution in [3.63, 3.8) is 0 Å². The Morgan fingerprint density at radius 2 is 2.00 bits per heavy atom. The number of rotatable bonds is 6. The van der Waals surface area contributed by atoms with Crippen molar-refractivity contribution in [1.82, 2.24) is 5.32 Å². The maximum Gasteiger partial charge on any atom is 0.303 e. The first kappa shape index (κ1) is 14.9. The average molecular weight is 260 g/mol. The lowest BCUT2D eigenvalue weighted by Crippen LogP contribution is -2.58. The monoisotopic (exact) mass is 260 g/mol. The van der Waals surface area contributed by atoms with Crippen LogP contribution in [0.15, 0.2) is 0 Å². The lowest BCUT2D eigenvalue weighted by molar-refractivity contribution is -0.137. The number of nitrogens with two attached hydrogens (primary N) is 1. The van der Waals surface area contributed by atoms with Gasteiger partial charge in [0, 0.05) is 19.6 Å². The summed E-state index contributed by atoms with van der Waals surface area (Å²) in [4.78, 5) is 22.2. The van der Waals surface area contributed by atoms with E-state index < -0.39 is 23.5 Å². The molecule has 18 heavy (non-hydrogen) atoms. The van der Waals surface area contributed by atoms with Crippen LogP contribution in [-0.4, -0.2) is 53.5 Å². The molecule has 7 nitrogen and oxygen atoms in total. The molecule has 1 unspecified atom stereocenters. The van der Waals surface area contributed by atoms with Crippen LogP contribution in [0.3, 0.4) is 0 Å². The van der Waals surface area contributed by atoms with Crippen LogP contribution >= 0.6 is 0 Å². The molecule has 0 bridgehead atoms. The molecule has 104 valence electrons. The number of nitrogens with one attached hydrogen (secondary N) is 1. The summed E-state index contributed by atoms with van der Waals surface area (Å²) in [7, 11) is 0. The highest BCUT2D eigenvalue weighted by Gasteiger charge is 2.34. The Labute approximate surface area is 105 Å². The van der Waals surface area contributed by atoms with Crippen molar-refractivity contribution in [3.05, 3.63) is 0 Å². The van der Waals surface area contributed by atoms with Gasteiger partial charge < -0.3 is 26.0 Å². The number of ether oxygens (including phenoxy) is 1. The van der Waals surface area contributed by atoms with E-state index in [4.69, 9.17) is 15.6 Å². The zero-order valence-corrected chi connectivity index (χ0v) is 10.2. The number of amides is 1. The molecule has 1 heterocycles. The summed E-state index contributed by atoms with van der Waals surface area (Å²) in [5.41, 5.74) is 4.92. The molecule has 1 rings (SSSR count). The lowest BCUT2D eigenvalue weighted by atomic mass is 9.90. The number of carbonyl (C=O) groups is 2. The van der Waals surface area contributed by atoms with E-state index >= 15 is 0 Å². The zero-order chi connectivity index (χ0) is 13.6. The van der Waals surface area contributed by atoms with Crippen LogP contribution in [0.1, 0.15) is 25.7 Å². The van der Waals surface area contributed by atoms with Crippen molar-refractivity contribution >= 4 is 11.9 Å². The fourth-order valence-corrected chi connectivity index (χ4v) is 1.85. The first-order valence-electron chi connectivity index (χ1n) is 5.97. The van der Waals surface area contributed by atoms with Gasteiger partial charge >= 0.3 is 5.97 Å². The van der Waals surface area contributed by atoms with E-state index in [9.17, 15) is 14.7 Å². The minimum absolute atomic E-state index is 0.0825. The predicted molar refractivity (Wildman–Crippen MR) is 62.9 cm³/mol. The molecule has 0 radical (unpaired) electrons. The van der Waals surface area contributed by atoms with Gasteiger partial charge in [-0.1, -0.05) is 0 Å². The van der Waals surface area contributed by atoms with Crippen molar-refractivity contribution in [2.24, 2.45) is 5.73 Å². The Balaban J connectivity index is 2.48. The Kier molecular flexibility index (Phi) is 5.52. The number of aliphatic hydroxyl groups excluding tert-OH is 1. The molecule has 1 saturated heterocycles. The molecular formula is C11H20N2O5. The molecular weight excluding hydrogens is 240 g/mol. The fourth-order valence-electron chi connectivity index (χ4n) is 1.85. The van der Waals surface area contributed by atoms with E-state index in [1.807, 2.05) is 0 Å². The Hall–Kier alpha value is -1.18. The van der Waals surface area contributed by atoms with Crippen molar-refractivity contribution in [2.75, 3.05) is 19.8 Å². The molecule has 0 spiro atoms. The van der Waals surface area contributed by atoms with E-state index in [1.54, 1.807) is 0 Å². The first-order chi connectivity index (χ1) is 8.49. The molecule has 1 fully saturated rings. The van der Waals surface area contributed by atoms with Crippen LogP contribution in [-0.2, 0) is 14.3 Å². The molecule has 7 heteroatoms. The van der Waals surface area contributed by atoms with E-state index in [1.165, 1.54) is 0 Å². The highest BCUT2D eigenvalue weighted by Crippen LogP contribution is 2.20. The van der Waals surface area contributed by atoms with Crippen molar-refractivity contribution in [3.8, 4) is 0 Å². The highest BCUT2D eigenvalue weighted by atomic mass is 16.5. The standard InChI is InChI=1S/C11H20N2O5/c12-8(1-2-9(15)16)10(17)13-11(7-14)3-5-18-6-4-11/h8,14H,1-7,12H2,(H,13,17)(H,15,16). The van der Waals surface area contributed by atoms with E-state index in [0.29, 0.717) is 26.1 Å². The van der Waals surface area contributed by atoms with Crippen LogP contribution in [0, 0.1) is 0 Å². The van der Waals surface area contributed by atoms with E-state index in [2.05, 4.69) is 5.32 Å². The van der Waals surface area contributed by atoms with Gasteiger partial charge in [-0.05, 0) is 19.3 Å². The number of carboxylic acids is 1.